The molecule has 3 N–H and O–H groups in total. The zero-order chi connectivity index (χ0) is 12.5. The summed E-state index contributed by atoms with van der Waals surface area (Å²) in [7, 11) is 1.98. The van der Waals surface area contributed by atoms with E-state index in [4.69, 9.17) is 5.84 Å². The smallest absolute Gasteiger partial charge is 0.208 e. The highest BCUT2D eigenvalue weighted by Gasteiger charge is 2.04. The summed E-state index contributed by atoms with van der Waals surface area (Å²) >= 11 is 0. The summed E-state index contributed by atoms with van der Waals surface area (Å²) in [5.41, 5.74) is 3.90. The first-order valence-electron chi connectivity index (χ1n) is 6.04. The Balaban J connectivity index is 2.54. The number of hydrogen-bond acceptors (Lipinski definition) is 2. The summed E-state index contributed by atoms with van der Waals surface area (Å²) in [5.74, 6) is 6.23. The molecule has 1 rings (SSSR count). The maximum atomic E-state index is 5.49. The molecular formula is C13H22N4. The van der Waals surface area contributed by atoms with Crippen LogP contribution in [0.3, 0.4) is 0 Å². The number of benzene rings is 1. The van der Waals surface area contributed by atoms with Crippen LogP contribution >= 0.6 is 0 Å². The third-order valence-electron chi connectivity index (χ3n) is 2.53. The number of hydrogen-bond donors (Lipinski definition) is 2. The lowest BCUT2D eigenvalue weighted by molar-refractivity contribution is 0.476. The van der Waals surface area contributed by atoms with Crippen LogP contribution in [0.15, 0.2) is 35.3 Å². The molecule has 0 spiro atoms. The minimum atomic E-state index is 0.738. The zero-order valence-corrected chi connectivity index (χ0v) is 10.7. The van der Waals surface area contributed by atoms with Gasteiger partial charge in [-0.3, -0.25) is 10.4 Å². The Bertz CT molecular complexity index is 335. The van der Waals surface area contributed by atoms with Gasteiger partial charge >= 0.3 is 0 Å². The molecule has 0 aliphatic carbocycles. The van der Waals surface area contributed by atoms with Crippen LogP contribution in [0.2, 0.25) is 0 Å². The molecule has 0 unspecified atom stereocenters. The van der Waals surface area contributed by atoms with E-state index < -0.39 is 0 Å². The van der Waals surface area contributed by atoms with Gasteiger partial charge < -0.3 is 4.90 Å². The fourth-order valence-electron chi connectivity index (χ4n) is 1.55. The molecule has 4 nitrogen and oxygen atoms in total. The Morgan fingerprint density at radius 2 is 2.06 bits per heavy atom. The highest BCUT2D eigenvalue weighted by molar-refractivity contribution is 5.79. The van der Waals surface area contributed by atoms with Gasteiger partial charge in [0.05, 0.1) is 0 Å². The summed E-state index contributed by atoms with van der Waals surface area (Å²) in [5, 5.41) is 0. The van der Waals surface area contributed by atoms with Gasteiger partial charge in [0.2, 0.25) is 5.96 Å². The van der Waals surface area contributed by atoms with E-state index in [9.17, 15) is 0 Å². The van der Waals surface area contributed by atoms with Crippen LogP contribution in [-0.2, 0) is 6.54 Å². The molecule has 0 atom stereocenters. The molecule has 0 saturated heterocycles. The van der Waals surface area contributed by atoms with Crippen molar-refractivity contribution in [3.63, 3.8) is 0 Å². The van der Waals surface area contributed by atoms with Gasteiger partial charge in [-0.15, -0.1) is 0 Å². The highest BCUT2D eigenvalue weighted by Crippen LogP contribution is 2.02. The Morgan fingerprint density at radius 3 is 2.65 bits per heavy atom. The Kier molecular flexibility index (Phi) is 6.10. The predicted octanol–water partition coefficient (Wildman–Crippen LogP) is 1.74. The van der Waals surface area contributed by atoms with E-state index in [2.05, 4.69) is 29.5 Å². The molecule has 0 heterocycles. The average Bonchev–Trinajstić information content (AvgIpc) is 2.36. The molecule has 1 aromatic carbocycles. The quantitative estimate of drug-likeness (QED) is 0.268. The lowest BCUT2D eigenvalue weighted by Crippen LogP contribution is -2.42. The second-order valence-corrected chi connectivity index (χ2v) is 4.04. The molecule has 0 saturated carbocycles. The maximum Gasteiger partial charge on any atom is 0.208 e. The molecule has 0 fully saturated rings. The first-order valence-corrected chi connectivity index (χ1v) is 6.04. The average molecular weight is 234 g/mol. The Labute approximate surface area is 104 Å². The van der Waals surface area contributed by atoms with E-state index >= 15 is 0 Å². The normalized spacial score (nSPS) is 11.4. The molecule has 0 amide bonds. The number of nitrogens with one attached hydrogen (secondary N) is 1. The van der Waals surface area contributed by atoms with Crippen LogP contribution in [0, 0.1) is 0 Å². The molecule has 0 radical (unpaired) electrons. The lowest BCUT2D eigenvalue weighted by Gasteiger charge is -2.20. The highest BCUT2D eigenvalue weighted by atomic mass is 15.4. The fourth-order valence-corrected chi connectivity index (χ4v) is 1.55. The van der Waals surface area contributed by atoms with Gasteiger partial charge in [-0.2, -0.15) is 0 Å². The molecular weight excluding hydrogens is 212 g/mol. The first-order chi connectivity index (χ1) is 8.27. The van der Waals surface area contributed by atoms with Gasteiger partial charge in [-0.1, -0.05) is 43.7 Å². The minimum absolute atomic E-state index is 0.738. The Morgan fingerprint density at radius 1 is 1.35 bits per heavy atom. The van der Waals surface area contributed by atoms with Gasteiger partial charge in [0.25, 0.3) is 0 Å². The topological polar surface area (TPSA) is 53.6 Å². The van der Waals surface area contributed by atoms with Crippen molar-refractivity contribution in [2.75, 3.05) is 13.6 Å². The van der Waals surface area contributed by atoms with Crippen molar-refractivity contribution >= 4 is 5.96 Å². The van der Waals surface area contributed by atoms with Gasteiger partial charge in [-0.25, -0.2) is 5.84 Å². The molecule has 0 aromatic heterocycles. The van der Waals surface area contributed by atoms with Crippen molar-refractivity contribution in [1.29, 1.82) is 0 Å². The number of guanidine groups is 1. The summed E-state index contributed by atoms with van der Waals surface area (Å²) in [6.07, 6.45) is 2.23. The van der Waals surface area contributed by atoms with Crippen molar-refractivity contribution in [1.82, 2.24) is 10.3 Å². The summed E-state index contributed by atoms with van der Waals surface area (Å²) in [6.45, 7) is 3.77. The van der Waals surface area contributed by atoms with Gasteiger partial charge in [-0.05, 0) is 12.0 Å². The number of nitrogens with zero attached hydrogens (tertiary/aromatic N) is 2. The number of nitrogens with two attached hydrogens (primary N) is 1. The lowest BCUT2D eigenvalue weighted by atomic mass is 10.2. The number of aliphatic imine (C=N–C) groups is 1. The van der Waals surface area contributed by atoms with Crippen LogP contribution in [0.5, 0.6) is 0 Å². The summed E-state index contributed by atoms with van der Waals surface area (Å²) in [4.78, 5) is 6.45. The van der Waals surface area contributed by atoms with Gasteiger partial charge in [0, 0.05) is 20.1 Å². The van der Waals surface area contributed by atoms with Crippen LogP contribution in [0.4, 0.5) is 0 Å². The minimum Gasteiger partial charge on any atom is -0.341 e. The molecule has 4 heteroatoms. The van der Waals surface area contributed by atoms with Crippen molar-refractivity contribution in [3.05, 3.63) is 35.9 Å². The van der Waals surface area contributed by atoms with Crippen molar-refractivity contribution < 1.29 is 0 Å². The second kappa shape index (κ2) is 7.68. The van der Waals surface area contributed by atoms with Gasteiger partial charge in [0.15, 0.2) is 0 Å². The molecule has 0 aliphatic heterocycles. The molecule has 0 aliphatic rings. The van der Waals surface area contributed by atoms with Crippen molar-refractivity contribution in [3.8, 4) is 0 Å². The molecule has 0 bridgehead atoms. The van der Waals surface area contributed by atoms with Gasteiger partial charge in [0.1, 0.15) is 0 Å². The van der Waals surface area contributed by atoms with Crippen molar-refractivity contribution in [2.24, 2.45) is 10.8 Å². The van der Waals surface area contributed by atoms with E-state index in [1.54, 1.807) is 0 Å². The van der Waals surface area contributed by atoms with Crippen LogP contribution in [0.1, 0.15) is 25.3 Å². The second-order valence-electron chi connectivity index (χ2n) is 4.04. The zero-order valence-electron chi connectivity index (χ0n) is 10.7. The van der Waals surface area contributed by atoms with Crippen LogP contribution in [-0.4, -0.2) is 24.5 Å². The molecule has 94 valence electrons. The maximum absolute atomic E-state index is 5.49. The molecule has 1 aromatic rings. The largest absolute Gasteiger partial charge is 0.341 e. The van der Waals surface area contributed by atoms with E-state index in [1.165, 1.54) is 5.56 Å². The Hall–Kier alpha value is -1.55. The predicted molar refractivity (Wildman–Crippen MR) is 72.4 cm³/mol. The molecule has 17 heavy (non-hydrogen) atoms. The summed E-state index contributed by atoms with van der Waals surface area (Å²) < 4.78 is 0. The standard InChI is InChI=1S/C13H22N4/c1-3-4-10-15-13(16-14)17(2)11-12-8-6-5-7-9-12/h5-9H,3-4,10-11,14H2,1-2H3,(H,15,16). The van der Waals surface area contributed by atoms with E-state index in [1.807, 2.05) is 30.1 Å². The first kappa shape index (κ1) is 13.5. The number of rotatable bonds is 5. The van der Waals surface area contributed by atoms with E-state index in [0.717, 1.165) is 31.9 Å². The third-order valence-corrected chi connectivity index (χ3v) is 2.53. The third kappa shape index (κ3) is 4.87. The van der Waals surface area contributed by atoms with E-state index in [0.29, 0.717) is 0 Å². The monoisotopic (exact) mass is 234 g/mol. The number of unbranched alkanes of at least 4 members (excludes halogenated alkanes) is 1. The number of hydrazine groups is 1. The fraction of sp³-hybridized carbons (Fsp3) is 0.462. The summed E-state index contributed by atoms with van der Waals surface area (Å²) in [6, 6.07) is 10.3. The van der Waals surface area contributed by atoms with Crippen LogP contribution < -0.4 is 11.3 Å². The SMILES string of the molecule is CCCCN=C(NN)N(C)Cc1ccccc1. The van der Waals surface area contributed by atoms with Crippen LogP contribution in [0.25, 0.3) is 0 Å². The van der Waals surface area contributed by atoms with Crippen molar-refractivity contribution in [2.45, 2.75) is 26.3 Å². The van der Waals surface area contributed by atoms with E-state index in [-0.39, 0.29) is 0 Å².